The van der Waals surface area contributed by atoms with Crippen LogP contribution in [0.15, 0.2) is 92.4 Å². The van der Waals surface area contributed by atoms with Crippen molar-refractivity contribution >= 4 is 123 Å². The normalized spacial score (nSPS) is 9.93. The van der Waals surface area contributed by atoms with Gasteiger partial charge in [-0.25, -0.2) is 8.42 Å². The summed E-state index contributed by atoms with van der Waals surface area (Å²) in [4.78, 5) is 12.4. The average Bonchev–Trinajstić information content (AvgIpc) is 2.89. The summed E-state index contributed by atoms with van der Waals surface area (Å²) < 4.78 is 21.6. The molecule has 0 unspecified atom stereocenters. The summed E-state index contributed by atoms with van der Waals surface area (Å²) in [6.45, 7) is 0. The lowest BCUT2D eigenvalue weighted by molar-refractivity contribution is -0.384. The van der Waals surface area contributed by atoms with E-state index >= 15 is 0 Å². The molecule has 8 nitrogen and oxygen atoms in total. The molecule has 0 aliphatic rings. The number of rotatable bonds is 5. The minimum absolute atomic E-state index is 0. The van der Waals surface area contributed by atoms with Crippen molar-refractivity contribution < 1.29 is 67.8 Å². The Morgan fingerprint density at radius 1 is 0.659 bits per heavy atom. The molecule has 9 N–H and O–H groups in total. The Kier molecular flexibility index (Phi) is 22.2. The third-order valence-electron chi connectivity index (χ3n) is 4.69. The van der Waals surface area contributed by atoms with Gasteiger partial charge < -0.3 is 54.4 Å². The van der Waals surface area contributed by atoms with Gasteiger partial charge in [-0.15, -0.1) is 12.6 Å². The topological polar surface area (TPSA) is 160 Å². The standard InChI is InChI=1S/C12H10Cl2N2S2.C6H3Cl2NO4S.C6H6ClNS.3ClH/c13-9-3-1-7(5-11(9)15)17-18-8-2-4-10(14)12(16)6-8;7-5-2-1-4(14(8,12)13)3-6(5)9(10)11;7-5-2-1-4(9)3-6(5)8;;;/h1-6H,15-16H2;1-3H;1-3,9H,8H2;3*1H. The molecule has 20 heteroatoms. The van der Waals surface area contributed by atoms with E-state index in [4.69, 9.17) is 57.1 Å². The third kappa shape index (κ3) is 15.4. The zero-order chi connectivity index (χ0) is 30.9. The Morgan fingerprint density at radius 3 is 1.39 bits per heavy atom. The molecule has 4 aromatic rings. The Hall–Kier alpha value is -0.520. The fraction of sp³-hybridized carbons (Fsp3) is 0. The van der Waals surface area contributed by atoms with Crippen LogP contribution in [0.3, 0.4) is 0 Å². The zero-order valence-electron chi connectivity index (χ0n) is 21.8. The van der Waals surface area contributed by atoms with E-state index in [1.807, 2.05) is 48.5 Å². The molecule has 0 atom stereocenters. The second kappa shape index (κ2) is 21.4. The highest BCUT2D eigenvalue weighted by Crippen LogP contribution is 2.40. The van der Waals surface area contributed by atoms with Crippen molar-refractivity contribution in [2.45, 2.75) is 19.6 Å². The van der Waals surface area contributed by atoms with Crippen molar-refractivity contribution in [1.29, 1.82) is 0 Å². The highest BCUT2D eigenvalue weighted by atomic mass is 35.7. The van der Waals surface area contributed by atoms with Crippen LogP contribution >= 0.6 is 91.3 Å². The predicted molar refractivity (Wildman–Crippen MR) is 172 cm³/mol. The summed E-state index contributed by atoms with van der Waals surface area (Å²) >= 11 is 27.1. The number of nitrogens with zero attached hydrogens (tertiary/aromatic N) is 1. The zero-order valence-corrected chi connectivity index (χ0v) is 31.2. The summed E-state index contributed by atoms with van der Waals surface area (Å²) in [5, 5.41) is 12.3. The Labute approximate surface area is 310 Å². The maximum absolute atomic E-state index is 10.8. The molecule has 0 bridgehead atoms. The van der Waals surface area contributed by atoms with Gasteiger partial charge >= 0.3 is 0 Å². The SMILES string of the molecule is O=[N+]([O-])c1cc(S(=O)(=O)Cl)ccc1Cl.[Cl-].[Cl-].[Cl-].[NH3+]c1cc(S)ccc1Cl.[NH3+]c1cc(SSc2ccc(Cl)c([NH3+])c2)ccc1Cl. The molecule has 0 saturated heterocycles. The van der Waals surface area contributed by atoms with E-state index in [1.165, 1.54) is 0 Å². The summed E-state index contributed by atoms with van der Waals surface area (Å²) in [7, 11) is 4.34. The quantitative estimate of drug-likeness (QED) is 0.0613. The molecule has 44 heavy (non-hydrogen) atoms. The molecule has 0 aliphatic carbocycles. The molecule has 242 valence electrons. The molecule has 4 aromatic carbocycles. The lowest BCUT2D eigenvalue weighted by Crippen LogP contribution is -3.00. The summed E-state index contributed by atoms with van der Waals surface area (Å²) in [5.41, 5.74) is 13.5. The van der Waals surface area contributed by atoms with Crippen LogP contribution in [0.5, 0.6) is 0 Å². The first-order chi connectivity index (χ1) is 19.1. The number of halogens is 8. The van der Waals surface area contributed by atoms with Gasteiger partial charge in [-0.05, 0) is 48.5 Å². The van der Waals surface area contributed by atoms with Gasteiger partial charge in [-0.2, -0.15) is 0 Å². The van der Waals surface area contributed by atoms with Crippen molar-refractivity contribution in [3.63, 3.8) is 0 Å². The number of nitro benzene ring substituents is 1. The molecule has 0 radical (unpaired) electrons. The van der Waals surface area contributed by atoms with E-state index in [0.29, 0.717) is 15.1 Å². The minimum atomic E-state index is -3.97. The Morgan fingerprint density at radius 2 is 1.05 bits per heavy atom. The van der Waals surface area contributed by atoms with Crippen LogP contribution in [-0.2, 0) is 9.05 Å². The van der Waals surface area contributed by atoms with E-state index in [0.717, 1.165) is 49.9 Å². The van der Waals surface area contributed by atoms with Crippen LogP contribution in [0.4, 0.5) is 22.7 Å². The minimum Gasteiger partial charge on any atom is -1.00 e. The monoisotopic (exact) mass is 838 g/mol. The van der Waals surface area contributed by atoms with Crippen LogP contribution < -0.4 is 54.4 Å². The van der Waals surface area contributed by atoms with Gasteiger partial charge in [0.25, 0.3) is 14.7 Å². The Bertz CT molecular complexity index is 1620. The van der Waals surface area contributed by atoms with E-state index in [9.17, 15) is 18.5 Å². The number of quaternary nitrogens is 3. The van der Waals surface area contributed by atoms with Crippen LogP contribution in [0.25, 0.3) is 0 Å². The fourth-order valence-electron chi connectivity index (χ4n) is 2.65. The third-order valence-corrected chi connectivity index (χ3v) is 10.1. The smallest absolute Gasteiger partial charge is 0.289 e. The Balaban J connectivity index is 0. The van der Waals surface area contributed by atoms with Crippen LogP contribution in [0.2, 0.25) is 20.1 Å². The van der Waals surface area contributed by atoms with Crippen molar-refractivity contribution in [1.82, 2.24) is 0 Å². The van der Waals surface area contributed by atoms with Crippen molar-refractivity contribution in [2.24, 2.45) is 0 Å². The van der Waals surface area contributed by atoms with Crippen LogP contribution in [0, 0.1) is 10.1 Å². The molecule has 0 saturated carbocycles. The van der Waals surface area contributed by atoms with Gasteiger partial charge in [0.05, 0.1) is 9.82 Å². The number of hydrogen-bond donors (Lipinski definition) is 4. The summed E-state index contributed by atoms with van der Waals surface area (Å²) in [6.07, 6.45) is 0. The first-order valence-corrected chi connectivity index (χ1v) is 17.3. The maximum atomic E-state index is 10.8. The van der Waals surface area contributed by atoms with E-state index < -0.39 is 19.7 Å². The van der Waals surface area contributed by atoms with Gasteiger partial charge in [-0.3, -0.25) is 10.1 Å². The second-order valence-corrected chi connectivity index (χ2v) is 14.7. The lowest BCUT2D eigenvalue weighted by Gasteiger charge is -2.03. The van der Waals surface area contributed by atoms with Crippen molar-refractivity contribution in [3.05, 3.63) is 103 Å². The van der Waals surface area contributed by atoms with Gasteiger partial charge in [0.15, 0.2) is 0 Å². The van der Waals surface area contributed by atoms with Crippen molar-refractivity contribution in [3.8, 4) is 0 Å². The van der Waals surface area contributed by atoms with Crippen LogP contribution in [-0.4, -0.2) is 13.3 Å². The number of nitro groups is 1. The molecular formula is C24H22Cl8N4O4S4. The average molecular weight is 842 g/mol. The summed E-state index contributed by atoms with van der Waals surface area (Å²) in [6, 6.07) is 20.1. The number of thiol groups is 1. The highest BCUT2D eigenvalue weighted by molar-refractivity contribution is 8.76. The second-order valence-electron chi connectivity index (χ2n) is 7.76. The van der Waals surface area contributed by atoms with Crippen molar-refractivity contribution in [2.75, 3.05) is 0 Å². The van der Waals surface area contributed by atoms with Gasteiger partial charge in [0, 0.05) is 49.6 Å². The molecule has 0 heterocycles. The molecule has 0 fully saturated rings. The van der Waals surface area contributed by atoms with Gasteiger partial charge in [0.2, 0.25) is 0 Å². The van der Waals surface area contributed by atoms with Crippen LogP contribution in [0.1, 0.15) is 0 Å². The van der Waals surface area contributed by atoms with Gasteiger partial charge in [0.1, 0.15) is 37.2 Å². The molecule has 0 aromatic heterocycles. The predicted octanol–water partition coefficient (Wildman–Crippen LogP) is -1.77. The first kappa shape index (κ1) is 45.6. The van der Waals surface area contributed by atoms with E-state index in [2.05, 4.69) is 29.8 Å². The summed E-state index contributed by atoms with van der Waals surface area (Å²) in [5.74, 6) is 0. The molecule has 0 amide bonds. The first-order valence-electron chi connectivity index (χ1n) is 10.8. The molecule has 0 spiro atoms. The largest absolute Gasteiger partial charge is 1.00 e. The number of hydrogen-bond acceptors (Lipinski definition) is 7. The van der Waals surface area contributed by atoms with Gasteiger partial charge in [-0.1, -0.05) is 68.0 Å². The fourth-order valence-corrected chi connectivity index (χ4v) is 6.21. The molecule has 4 rings (SSSR count). The highest BCUT2D eigenvalue weighted by Gasteiger charge is 2.18. The van der Waals surface area contributed by atoms with E-state index in [-0.39, 0.29) is 47.1 Å². The lowest BCUT2D eigenvalue weighted by atomic mass is 10.3. The maximum Gasteiger partial charge on any atom is 0.289 e. The molecular weight excluding hydrogens is 820 g/mol. The number of benzene rings is 4. The van der Waals surface area contributed by atoms with E-state index in [1.54, 1.807) is 27.7 Å². The molecule has 0 aliphatic heterocycles.